The van der Waals surface area contributed by atoms with Gasteiger partial charge < -0.3 is 24.7 Å². The Kier molecular flexibility index (Phi) is 10.4. The molecule has 1 saturated heterocycles. The number of halogens is 5. The minimum absolute atomic E-state index is 0.00392. The first-order valence-electron chi connectivity index (χ1n) is 11.2. The average Bonchev–Trinajstić information content (AvgIpc) is 3.24. The summed E-state index contributed by atoms with van der Waals surface area (Å²) in [6, 6.07) is 3.87. The molecule has 1 aromatic heterocycles. The van der Waals surface area contributed by atoms with Gasteiger partial charge in [-0.2, -0.15) is 0 Å². The second-order valence-electron chi connectivity index (χ2n) is 7.81. The topological polar surface area (TPSA) is 110 Å². The highest BCUT2D eigenvalue weighted by Crippen LogP contribution is 2.24. The number of benzene rings is 1. The van der Waals surface area contributed by atoms with E-state index in [1.165, 1.54) is 29.0 Å². The van der Waals surface area contributed by atoms with Gasteiger partial charge in [-0.1, -0.05) is 23.2 Å². The number of carbonyl (C=O) groups excluding carboxylic acids is 2. The van der Waals surface area contributed by atoms with E-state index in [-0.39, 0.29) is 28.4 Å². The number of alkyl halides is 3. The molecule has 202 valence electrons. The summed E-state index contributed by atoms with van der Waals surface area (Å²) in [5.74, 6) is -0.785. The van der Waals surface area contributed by atoms with Gasteiger partial charge in [-0.3, -0.25) is 15.0 Å². The quantitative estimate of drug-likeness (QED) is 0.373. The van der Waals surface area contributed by atoms with E-state index in [0.717, 1.165) is 38.2 Å². The van der Waals surface area contributed by atoms with Gasteiger partial charge in [0, 0.05) is 38.1 Å². The van der Waals surface area contributed by atoms with Crippen LogP contribution >= 0.6 is 23.2 Å². The van der Waals surface area contributed by atoms with Gasteiger partial charge in [0.15, 0.2) is 5.82 Å². The Morgan fingerprint density at radius 3 is 2.49 bits per heavy atom. The lowest BCUT2D eigenvalue weighted by Gasteiger charge is -2.26. The second-order valence-corrected chi connectivity index (χ2v) is 8.82. The van der Waals surface area contributed by atoms with Crippen LogP contribution in [0.15, 0.2) is 41.0 Å². The molecule has 1 fully saturated rings. The van der Waals surface area contributed by atoms with E-state index in [9.17, 15) is 22.8 Å². The number of urea groups is 1. The van der Waals surface area contributed by atoms with Gasteiger partial charge in [-0.25, -0.2) is 9.78 Å². The molecule has 1 aliphatic rings. The van der Waals surface area contributed by atoms with Crippen LogP contribution in [0.4, 0.5) is 29.5 Å². The summed E-state index contributed by atoms with van der Waals surface area (Å²) in [5, 5.41) is 7.74. The second kappa shape index (κ2) is 13.5. The molecule has 0 atom stereocenters. The Morgan fingerprint density at radius 1 is 1.14 bits per heavy atom. The number of hydrogen-bond acceptors (Lipinski definition) is 6. The fraction of sp³-hybridized carbons (Fsp3) is 0.409. The zero-order chi connectivity index (χ0) is 26.8. The van der Waals surface area contributed by atoms with E-state index in [4.69, 9.17) is 27.9 Å². The maximum atomic E-state index is 12.7. The lowest BCUT2D eigenvalue weighted by Crippen LogP contribution is -2.38. The molecule has 0 radical (unpaired) electrons. The lowest BCUT2D eigenvalue weighted by molar-refractivity contribution is -0.274. The number of allylic oxidation sites excluding steroid dienone is 1. The summed E-state index contributed by atoms with van der Waals surface area (Å²) >= 11 is 11.4. The van der Waals surface area contributed by atoms with Crippen molar-refractivity contribution in [2.24, 2.45) is 0 Å². The number of ether oxygens (including phenoxy) is 2. The molecule has 37 heavy (non-hydrogen) atoms. The lowest BCUT2D eigenvalue weighted by atomic mass is 10.3. The molecule has 10 nitrogen and oxygen atoms in total. The molecule has 2 aromatic rings. The summed E-state index contributed by atoms with van der Waals surface area (Å²) < 4.78 is 47.4. The van der Waals surface area contributed by atoms with Crippen molar-refractivity contribution >= 4 is 46.6 Å². The first-order chi connectivity index (χ1) is 17.6. The van der Waals surface area contributed by atoms with Crippen LogP contribution in [0.2, 0.25) is 0 Å². The van der Waals surface area contributed by atoms with Crippen LogP contribution in [-0.4, -0.2) is 72.1 Å². The number of rotatable bonds is 10. The van der Waals surface area contributed by atoms with Crippen molar-refractivity contribution in [3.8, 4) is 5.75 Å². The van der Waals surface area contributed by atoms with Gasteiger partial charge in [0.05, 0.1) is 13.2 Å². The van der Waals surface area contributed by atoms with Crippen LogP contribution in [0, 0.1) is 0 Å². The third kappa shape index (κ3) is 10.1. The Bertz CT molecular complexity index is 1090. The smallest absolute Gasteiger partial charge is 0.406 e. The van der Waals surface area contributed by atoms with E-state index < -0.39 is 24.1 Å². The van der Waals surface area contributed by atoms with Crippen molar-refractivity contribution < 1.29 is 32.2 Å². The third-order valence-electron chi connectivity index (χ3n) is 5.05. The Labute approximate surface area is 220 Å². The highest BCUT2D eigenvalue weighted by Gasteiger charge is 2.31. The van der Waals surface area contributed by atoms with Crippen molar-refractivity contribution in [2.45, 2.75) is 19.3 Å². The Morgan fingerprint density at radius 2 is 1.84 bits per heavy atom. The zero-order valence-corrected chi connectivity index (χ0v) is 21.0. The molecule has 2 heterocycles. The van der Waals surface area contributed by atoms with Gasteiger partial charge >= 0.3 is 12.4 Å². The van der Waals surface area contributed by atoms with Crippen molar-refractivity contribution in [1.82, 2.24) is 19.8 Å². The maximum absolute atomic E-state index is 12.7. The zero-order valence-electron chi connectivity index (χ0n) is 19.5. The number of morpholine rings is 1. The van der Waals surface area contributed by atoms with E-state index >= 15 is 0 Å². The standard InChI is InChI=1S/C22H25Cl2F3N6O4/c23-17(24)6-9-33-14-18(30-19(33)20(34)28-7-1-8-32-10-12-36-13-11-32)31-21(35)29-15-2-4-16(5-3-15)37-22(25,26)27/h2-6,14H,1,7-13H2,(H,28,34)(H2,29,31,35). The van der Waals surface area contributed by atoms with Crippen LogP contribution in [0.1, 0.15) is 17.0 Å². The molecule has 1 aliphatic heterocycles. The highest BCUT2D eigenvalue weighted by molar-refractivity contribution is 6.55. The molecule has 0 unspecified atom stereocenters. The molecule has 1 aromatic carbocycles. The molecule has 15 heteroatoms. The Hall–Kier alpha value is -3.00. The fourth-order valence-corrected chi connectivity index (χ4v) is 3.53. The number of carbonyl (C=O) groups is 2. The highest BCUT2D eigenvalue weighted by atomic mass is 35.5. The van der Waals surface area contributed by atoms with Crippen molar-refractivity contribution in [3.05, 3.63) is 46.9 Å². The Balaban J connectivity index is 1.57. The predicted octanol–water partition coefficient (Wildman–Crippen LogP) is 4.20. The molecule has 0 aliphatic carbocycles. The van der Waals surface area contributed by atoms with Gasteiger partial charge in [-0.15, -0.1) is 13.2 Å². The van der Waals surface area contributed by atoms with Gasteiger partial charge in [0.1, 0.15) is 10.2 Å². The first kappa shape index (κ1) is 28.6. The fourth-order valence-electron chi connectivity index (χ4n) is 3.39. The summed E-state index contributed by atoms with van der Waals surface area (Å²) in [4.78, 5) is 31.5. The number of hydrogen-bond donors (Lipinski definition) is 3. The molecular formula is C22H25Cl2F3N6O4. The number of anilines is 2. The summed E-state index contributed by atoms with van der Waals surface area (Å²) in [6.07, 6.45) is -1.20. The summed E-state index contributed by atoms with van der Waals surface area (Å²) in [7, 11) is 0. The first-order valence-corrected chi connectivity index (χ1v) is 11.9. The van der Waals surface area contributed by atoms with E-state index in [2.05, 4.69) is 30.6 Å². The van der Waals surface area contributed by atoms with Crippen LogP contribution in [0.25, 0.3) is 0 Å². The average molecular weight is 565 g/mol. The monoisotopic (exact) mass is 564 g/mol. The molecule has 0 saturated carbocycles. The maximum Gasteiger partial charge on any atom is 0.573 e. The molecule has 0 bridgehead atoms. The van der Waals surface area contributed by atoms with Crippen LogP contribution < -0.4 is 20.7 Å². The molecule has 3 rings (SSSR count). The number of nitrogens with zero attached hydrogens (tertiary/aromatic N) is 3. The van der Waals surface area contributed by atoms with Gasteiger partial charge in [0.2, 0.25) is 5.82 Å². The largest absolute Gasteiger partial charge is 0.573 e. The van der Waals surface area contributed by atoms with Gasteiger partial charge in [-0.05, 0) is 43.3 Å². The molecule has 3 N–H and O–H groups in total. The van der Waals surface area contributed by atoms with E-state index in [0.29, 0.717) is 19.8 Å². The number of nitrogens with one attached hydrogen (secondary N) is 3. The van der Waals surface area contributed by atoms with Gasteiger partial charge in [0.25, 0.3) is 5.91 Å². The molecular weight excluding hydrogens is 540 g/mol. The normalized spacial score (nSPS) is 14.1. The molecule has 0 spiro atoms. The van der Waals surface area contributed by atoms with E-state index in [1.54, 1.807) is 0 Å². The number of imidazole rings is 1. The number of aromatic nitrogens is 2. The minimum atomic E-state index is -4.82. The summed E-state index contributed by atoms with van der Waals surface area (Å²) in [5.41, 5.74) is 0.210. The van der Waals surface area contributed by atoms with Crippen LogP contribution in [-0.2, 0) is 11.3 Å². The SMILES string of the molecule is O=C(Nc1ccc(OC(F)(F)F)cc1)Nc1cn(CC=C(Cl)Cl)c(C(=O)NCCCN2CCOCC2)n1. The van der Waals surface area contributed by atoms with Crippen molar-refractivity contribution in [2.75, 3.05) is 50.0 Å². The molecule has 3 amide bonds. The van der Waals surface area contributed by atoms with Crippen LogP contribution in [0.3, 0.4) is 0 Å². The minimum Gasteiger partial charge on any atom is -0.406 e. The van der Waals surface area contributed by atoms with E-state index in [1.807, 2.05) is 0 Å². The third-order valence-corrected chi connectivity index (χ3v) is 5.36. The van der Waals surface area contributed by atoms with Crippen molar-refractivity contribution in [1.29, 1.82) is 0 Å². The predicted molar refractivity (Wildman–Crippen MR) is 132 cm³/mol. The van der Waals surface area contributed by atoms with Crippen molar-refractivity contribution in [3.63, 3.8) is 0 Å². The van der Waals surface area contributed by atoms with Crippen LogP contribution in [0.5, 0.6) is 5.75 Å². The summed E-state index contributed by atoms with van der Waals surface area (Å²) in [6.45, 7) is 4.46. The number of amides is 3.